The molecule has 0 aliphatic carbocycles. The number of carboxylic acid groups (broad SMARTS) is 1. The van der Waals surface area contributed by atoms with Gasteiger partial charge in [-0.15, -0.1) is 0 Å². The minimum absolute atomic E-state index is 0.402. The van der Waals surface area contributed by atoms with Crippen LogP contribution in [0.4, 0.5) is 14.5 Å². The zero-order valence-electron chi connectivity index (χ0n) is 12.1. The first-order chi connectivity index (χ1) is 11.0. The summed E-state index contributed by atoms with van der Waals surface area (Å²) in [7, 11) is -4.39. The van der Waals surface area contributed by atoms with Crippen molar-refractivity contribution in [2.45, 2.75) is 24.7 Å². The van der Waals surface area contributed by atoms with Crippen molar-refractivity contribution in [3.63, 3.8) is 0 Å². The van der Waals surface area contributed by atoms with Crippen molar-refractivity contribution >= 4 is 19.0 Å². The summed E-state index contributed by atoms with van der Waals surface area (Å²) in [5.41, 5.74) is 2.90. The number of hydrogen-bond donors (Lipinski definition) is 4. The van der Waals surface area contributed by atoms with E-state index in [-0.39, 0.29) is 0 Å². The van der Waals surface area contributed by atoms with E-state index in [0.29, 0.717) is 12.1 Å². The van der Waals surface area contributed by atoms with Crippen molar-refractivity contribution in [2.75, 3.05) is 6.16 Å². The molecule has 0 heterocycles. The third-order valence-electron chi connectivity index (χ3n) is 3.24. The fourth-order valence-electron chi connectivity index (χ4n) is 1.87. The Morgan fingerprint density at radius 1 is 1.42 bits per heavy atom. The van der Waals surface area contributed by atoms with Crippen molar-refractivity contribution in [3.8, 4) is 0 Å². The van der Waals surface area contributed by atoms with Crippen LogP contribution in [0.25, 0.3) is 0 Å². The highest BCUT2D eigenvalue weighted by molar-refractivity contribution is 7.58. The summed E-state index contributed by atoms with van der Waals surface area (Å²) >= 11 is 0. The number of carbonyl (C=O) groups is 1. The minimum Gasteiger partial charge on any atom is -0.480 e. The molecule has 3 atom stereocenters. The van der Waals surface area contributed by atoms with Crippen LogP contribution in [0, 0.1) is 10.1 Å². The highest BCUT2D eigenvalue weighted by Gasteiger charge is 2.33. The van der Waals surface area contributed by atoms with Gasteiger partial charge in [0.25, 0.3) is 12.1 Å². The number of nitrogens with two attached hydrogens (primary N) is 1. The lowest BCUT2D eigenvalue weighted by Crippen LogP contribution is -2.31. The molecule has 2 unspecified atom stereocenters. The standard InChI is InChI=1S/C12H15F2N2O7P/c13-10(14)7-2-1-6(5-9(7)16(20)21)12(19)24(22,23)4-3-8(15)11(17)18/h1-2,5,8,10,12,19H,3-4,15H2,(H,17,18)(H,22,23)/t8-,12?/m0/s1. The number of nitro benzene ring substituents is 1. The molecule has 9 nitrogen and oxygen atoms in total. The van der Waals surface area contributed by atoms with Crippen LogP contribution in [-0.4, -0.2) is 38.2 Å². The van der Waals surface area contributed by atoms with E-state index in [4.69, 9.17) is 10.8 Å². The van der Waals surface area contributed by atoms with Crippen molar-refractivity contribution < 1.29 is 38.2 Å². The Hall–Kier alpha value is -1.94. The molecule has 0 aromatic heterocycles. The lowest BCUT2D eigenvalue weighted by molar-refractivity contribution is -0.386. The number of nitrogens with zero attached hydrogens (tertiary/aromatic N) is 1. The Balaban J connectivity index is 3.07. The van der Waals surface area contributed by atoms with E-state index < -0.39 is 66.0 Å². The molecule has 12 heteroatoms. The van der Waals surface area contributed by atoms with Gasteiger partial charge in [0.2, 0.25) is 7.37 Å². The SMILES string of the molecule is N[C@@H](CCP(=O)(O)C(O)c1ccc(C(F)F)c([N+](=O)[O-])c1)C(=O)O. The molecule has 0 saturated carbocycles. The first-order valence-corrected chi connectivity index (χ1v) is 8.43. The van der Waals surface area contributed by atoms with Gasteiger partial charge in [0.05, 0.1) is 10.5 Å². The Morgan fingerprint density at radius 2 is 2.00 bits per heavy atom. The molecule has 0 radical (unpaired) electrons. The van der Waals surface area contributed by atoms with Gasteiger partial charge in [0.15, 0.2) is 5.85 Å². The minimum atomic E-state index is -4.39. The number of halogens is 2. The van der Waals surface area contributed by atoms with Gasteiger partial charge >= 0.3 is 5.97 Å². The normalized spacial score (nSPS) is 16.4. The van der Waals surface area contributed by atoms with Crippen molar-refractivity contribution in [3.05, 3.63) is 39.4 Å². The van der Waals surface area contributed by atoms with E-state index in [1.807, 2.05) is 0 Å². The number of aliphatic hydroxyl groups excluding tert-OH is 1. The van der Waals surface area contributed by atoms with Gasteiger partial charge in [-0.25, -0.2) is 8.78 Å². The molecular formula is C12H15F2N2O7P. The number of aliphatic hydroxyl groups is 1. The summed E-state index contributed by atoms with van der Waals surface area (Å²) in [6.07, 6.45) is -4.21. The summed E-state index contributed by atoms with van der Waals surface area (Å²) < 4.78 is 37.5. The Kier molecular flexibility index (Phi) is 6.50. The smallest absolute Gasteiger partial charge is 0.320 e. The van der Waals surface area contributed by atoms with Crippen LogP contribution >= 0.6 is 7.37 Å². The summed E-state index contributed by atoms with van der Waals surface area (Å²) in [6, 6.07) is 0.726. The number of nitro groups is 1. The van der Waals surface area contributed by atoms with E-state index in [2.05, 4.69) is 0 Å². The van der Waals surface area contributed by atoms with Crippen molar-refractivity contribution in [1.82, 2.24) is 0 Å². The molecule has 134 valence electrons. The lowest BCUT2D eigenvalue weighted by atomic mass is 10.1. The molecule has 0 aliphatic rings. The van der Waals surface area contributed by atoms with E-state index in [1.165, 1.54) is 0 Å². The molecule has 1 aromatic rings. The first kappa shape index (κ1) is 20.1. The highest BCUT2D eigenvalue weighted by Crippen LogP contribution is 2.55. The number of hydrogen-bond acceptors (Lipinski definition) is 6. The first-order valence-electron chi connectivity index (χ1n) is 6.51. The number of carboxylic acids is 1. The number of aliphatic carboxylic acids is 1. The highest BCUT2D eigenvalue weighted by atomic mass is 31.2. The Bertz CT molecular complexity index is 685. The lowest BCUT2D eigenvalue weighted by Gasteiger charge is -2.19. The largest absolute Gasteiger partial charge is 0.480 e. The third-order valence-corrected chi connectivity index (χ3v) is 5.21. The predicted octanol–water partition coefficient (Wildman–Crippen LogP) is 1.60. The molecule has 1 aromatic carbocycles. The van der Waals surface area contributed by atoms with Crippen molar-refractivity contribution in [1.29, 1.82) is 0 Å². The van der Waals surface area contributed by atoms with E-state index in [1.54, 1.807) is 0 Å². The Labute approximate surface area is 134 Å². The molecule has 5 N–H and O–H groups in total. The zero-order chi connectivity index (χ0) is 18.7. The Morgan fingerprint density at radius 3 is 2.46 bits per heavy atom. The monoisotopic (exact) mass is 368 g/mol. The fraction of sp³-hybridized carbons (Fsp3) is 0.417. The van der Waals surface area contributed by atoms with Gasteiger partial charge in [-0.05, 0) is 18.1 Å². The topological polar surface area (TPSA) is 164 Å². The molecule has 0 aliphatic heterocycles. The fourth-order valence-corrected chi connectivity index (χ4v) is 3.39. The molecule has 0 saturated heterocycles. The molecular weight excluding hydrogens is 353 g/mol. The third kappa shape index (κ3) is 4.78. The molecule has 24 heavy (non-hydrogen) atoms. The number of benzene rings is 1. The van der Waals surface area contributed by atoms with Crippen LogP contribution in [0.1, 0.15) is 29.8 Å². The summed E-state index contributed by atoms with van der Waals surface area (Å²) in [5.74, 6) is -3.50. The number of alkyl halides is 2. The van der Waals surface area contributed by atoms with E-state index in [0.717, 1.165) is 6.07 Å². The second kappa shape index (κ2) is 7.75. The van der Waals surface area contributed by atoms with Gasteiger partial charge in [-0.2, -0.15) is 0 Å². The summed E-state index contributed by atoms with van der Waals surface area (Å²) in [5, 5.41) is 29.4. The van der Waals surface area contributed by atoms with Crippen LogP contribution in [0.3, 0.4) is 0 Å². The van der Waals surface area contributed by atoms with Crippen LogP contribution in [0.15, 0.2) is 18.2 Å². The maximum Gasteiger partial charge on any atom is 0.320 e. The van der Waals surface area contributed by atoms with E-state index in [9.17, 15) is 38.3 Å². The average Bonchev–Trinajstić information content (AvgIpc) is 2.50. The van der Waals surface area contributed by atoms with Gasteiger partial charge in [0, 0.05) is 12.2 Å². The quantitative estimate of drug-likeness (QED) is 0.305. The average molecular weight is 368 g/mol. The second-order valence-corrected chi connectivity index (χ2v) is 7.41. The summed E-state index contributed by atoms with van der Waals surface area (Å²) in [6.45, 7) is 0. The van der Waals surface area contributed by atoms with Crippen LogP contribution < -0.4 is 5.73 Å². The van der Waals surface area contributed by atoms with Crippen LogP contribution in [-0.2, 0) is 9.36 Å². The van der Waals surface area contributed by atoms with Gasteiger partial charge in [-0.1, -0.05) is 6.07 Å². The zero-order valence-corrected chi connectivity index (χ0v) is 13.0. The molecule has 0 bridgehead atoms. The number of rotatable bonds is 8. The molecule has 1 rings (SSSR count). The second-order valence-electron chi connectivity index (χ2n) is 4.96. The molecule has 0 spiro atoms. The van der Waals surface area contributed by atoms with Crippen LogP contribution in [0.5, 0.6) is 0 Å². The molecule has 0 fully saturated rings. The molecule has 0 amide bonds. The van der Waals surface area contributed by atoms with Gasteiger partial charge < -0.3 is 20.8 Å². The maximum atomic E-state index is 12.7. The maximum absolute atomic E-state index is 12.7. The predicted molar refractivity (Wildman–Crippen MR) is 77.9 cm³/mol. The van der Waals surface area contributed by atoms with Gasteiger partial charge in [-0.3, -0.25) is 19.5 Å². The summed E-state index contributed by atoms with van der Waals surface area (Å²) in [4.78, 5) is 30.1. The van der Waals surface area contributed by atoms with Gasteiger partial charge in [0.1, 0.15) is 6.04 Å². The van der Waals surface area contributed by atoms with Crippen molar-refractivity contribution in [2.24, 2.45) is 5.73 Å². The van der Waals surface area contributed by atoms with E-state index >= 15 is 0 Å². The van der Waals surface area contributed by atoms with Crippen LogP contribution in [0.2, 0.25) is 0 Å².